The molecule has 0 fully saturated rings. The lowest BCUT2D eigenvalue weighted by Gasteiger charge is -2.30. The Morgan fingerprint density at radius 3 is 0.867 bits per heavy atom. The van der Waals surface area contributed by atoms with Crippen LogP contribution in [0.1, 0.15) is 261 Å². The molecule has 2 unspecified atom stereocenters. The van der Waals surface area contributed by atoms with Gasteiger partial charge >= 0.3 is 0 Å². The predicted octanol–water partition coefficient (Wildman–Crippen LogP) is 15.2. The molecule has 6 nitrogen and oxygen atoms in total. The van der Waals surface area contributed by atoms with E-state index in [1.54, 1.807) is 0 Å². The van der Waals surface area contributed by atoms with Crippen molar-refractivity contribution in [3.05, 3.63) is 12.2 Å². The molecule has 0 aliphatic heterocycles. The molecule has 0 rings (SSSR count). The maximum Gasteiger partial charge on any atom is 0.223 e. The second-order valence-electron chi connectivity index (χ2n) is 18.6. The Morgan fingerprint density at radius 1 is 0.367 bits per heavy atom. The summed E-state index contributed by atoms with van der Waals surface area (Å²) in [4.78, 5) is 36.8. The molecular formula is C54H108N4O2. The number of hydrogen-bond acceptors (Lipinski definition) is 4. The fourth-order valence-electron chi connectivity index (χ4n) is 8.92. The Morgan fingerprint density at radius 2 is 0.617 bits per heavy atom. The molecule has 0 N–H and O–H groups in total. The number of amides is 2. The summed E-state index contributed by atoms with van der Waals surface area (Å²) >= 11 is 0. The molecule has 0 aromatic rings. The molecule has 0 spiro atoms. The van der Waals surface area contributed by atoms with Crippen molar-refractivity contribution in [1.29, 1.82) is 0 Å². The number of unbranched alkanes of at least 4 members (excludes halogenated alkanes) is 24. The van der Waals surface area contributed by atoms with Crippen LogP contribution in [0.5, 0.6) is 0 Å². The quantitative estimate of drug-likeness (QED) is 0.0452. The van der Waals surface area contributed by atoms with E-state index in [0.717, 1.165) is 90.6 Å². The van der Waals surface area contributed by atoms with Crippen LogP contribution in [0, 0.1) is 0 Å². The molecule has 0 radical (unpaired) electrons. The van der Waals surface area contributed by atoms with Crippen LogP contribution >= 0.6 is 0 Å². The summed E-state index contributed by atoms with van der Waals surface area (Å²) in [6, 6.07) is 0.430. The Labute approximate surface area is 377 Å². The monoisotopic (exact) mass is 845 g/mol. The maximum absolute atomic E-state index is 13.8. The topological polar surface area (TPSA) is 47.1 Å². The van der Waals surface area contributed by atoms with E-state index in [1.165, 1.54) is 141 Å². The van der Waals surface area contributed by atoms with Crippen molar-refractivity contribution in [3.8, 4) is 0 Å². The fraction of sp³-hybridized carbons (Fsp3) is 0.926. The zero-order valence-corrected chi connectivity index (χ0v) is 42.2. The predicted molar refractivity (Wildman–Crippen MR) is 266 cm³/mol. The van der Waals surface area contributed by atoms with Crippen molar-refractivity contribution < 1.29 is 9.59 Å². The largest absolute Gasteiger partial charge is 0.336 e. The van der Waals surface area contributed by atoms with Crippen molar-refractivity contribution in [2.45, 2.75) is 273 Å². The van der Waals surface area contributed by atoms with Gasteiger partial charge in [-0.2, -0.15) is 0 Å². The first-order valence-corrected chi connectivity index (χ1v) is 27.0. The molecule has 6 heteroatoms. The van der Waals surface area contributed by atoms with Crippen molar-refractivity contribution in [3.63, 3.8) is 0 Å². The van der Waals surface area contributed by atoms with Crippen LogP contribution < -0.4 is 0 Å². The van der Waals surface area contributed by atoms with E-state index in [-0.39, 0.29) is 12.1 Å². The lowest BCUT2D eigenvalue weighted by molar-refractivity contribution is -0.134. The van der Waals surface area contributed by atoms with Crippen LogP contribution in [0.25, 0.3) is 0 Å². The Kier molecular flexibility index (Phi) is 43.2. The van der Waals surface area contributed by atoms with Gasteiger partial charge in [-0.3, -0.25) is 9.59 Å². The van der Waals surface area contributed by atoms with Gasteiger partial charge in [0.25, 0.3) is 0 Å². The van der Waals surface area contributed by atoms with Gasteiger partial charge in [0.2, 0.25) is 11.8 Å². The van der Waals surface area contributed by atoms with Gasteiger partial charge in [-0.05, 0) is 91.6 Å². The van der Waals surface area contributed by atoms with E-state index in [0.29, 0.717) is 37.7 Å². The summed E-state index contributed by atoms with van der Waals surface area (Å²) in [5.74, 6) is 0.608. The molecule has 60 heavy (non-hydrogen) atoms. The van der Waals surface area contributed by atoms with Gasteiger partial charge in [-0.15, -0.1) is 0 Å². The number of nitrogens with zero attached hydrogens (tertiary/aromatic N) is 4. The third-order valence-electron chi connectivity index (χ3n) is 13.4. The van der Waals surface area contributed by atoms with Gasteiger partial charge in [-0.25, -0.2) is 0 Å². The van der Waals surface area contributed by atoms with Gasteiger partial charge in [0.1, 0.15) is 0 Å². The highest BCUT2D eigenvalue weighted by molar-refractivity contribution is 5.77. The lowest BCUT2D eigenvalue weighted by Crippen LogP contribution is -2.40. The minimum Gasteiger partial charge on any atom is -0.336 e. The summed E-state index contributed by atoms with van der Waals surface area (Å²) in [5.41, 5.74) is 0. The first kappa shape index (κ1) is 58.6. The van der Waals surface area contributed by atoms with Crippen LogP contribution in [-0.4, -0.2) is 95.9 Å². The minimum atomic E-state index is 0.215. The summed E-state index contributed by atoms with van der Waals surface area (Å²) < 4.78 is 0. The van der Waals surface area contributed by atoms with Crippen LogP contribution in [0.4, 0.5) is 0 Å². The Balaban J connectivity index is 5.15. The second-order valence-corrected chi connectivity index (χ2v) is 18.6. The third-order valence-corrected chi connectivity index (χ3v) is 13.4. The van der Waals surface area contributed by atoms with E-state index in [1.807, 2.05) is 0 Å². The van der Waals surface area contributed by atoms with Gasteiger partial charge in [0, 0.05) is 38.0 Å². The summed E-state index contributed by atoms with van der Waals surface area (Å²) in [5, 5.41) is 0. The molecule has 0 bridgehead atoms. The highest BCUT2D eigenvalue weighted by Crippen LogP contribution is 2.18. The van der Waals surface area contributed by atoms with Crippen LogP contribution in [-0.2, 0) is 9.59 Å². The van der Waals surface area contributed by atoms with Crippen molar-refractivity contribution in [1.82, 2.24) is 19.6 Å². The molecule has 0 saturated heterocycles. The Hall–Kier alpha value is -1.40. The van der Waals surface area contributed by atoms with E-state index in [9.17, 15) is 9.59 Å². The minimum absolute atomic E-state index is 0.215. The number of carbonyl (C=O) groups excluding carboxylic acids is 2. The molecule has 0 aliphatic rings. The van der Waals surface area contributed by atoms with E-state index in [2.05, 4.69) is 87.1 Å². The summed E-state index contributed by atoms with van der Waals surface area (Å²) in [6.07, 6.45) is 44.3. The molecule has 2 atom stereocenters. The molecule has 0 saturated carbocycles. The van der Waals surface area contributed by atoms with Crippen LogP contribution in [0.15, 0.2) is 12.2 Å². The van der Waals surface area contributed by atoms with Gasteiger partial charge < -0.3 is 19.6 Å². The highest BCUT2D eigenvalue weighted by atomic mass is 16.2. The van der Waals surface area contributed by atoms with E-state index >= 15 is 0 Å². The third kappa shape index (κ3) is 34.1. The molecule has 356 valence electrons. The standard InChI is InChI=1S/C54H108N4O2/c1-9-15-17-19-21-23-25-27-29-31-33-35-37-45-53(59)57(51(7)43-41-47-55(11-3)12-4)49-39-40-50-58(52(8)44-42-48-56(13-5)14-6)54(60)46-38-36-34-32-30-28-26-24-22-20-18-16-10-2/h39-40,51-52H,9-38,41-50H2,1-8H3/b40-39+. The van der Waals surface area contributed by atoms with Gasteiger partial charge in [-0.1, -0.05) is 208 Å². The van der Waals surface area contributed by atoms with Crippen molar-refractivity contribution >= 4 is 11.8 Å². The highest BCUT2D eigenvalue weighted by Gasteiger charge is 2.21. The van der Waals surface area contributed by atoms with Crippen molar-refractivity contribution in [2.75, 3.05) is 52.4 Å². The zero-order valence-electron chi connectivity index (χ0n) is 42.2. The van der Waals surface area contributed by atoms with Crippen molar-refractivity contribution in [2.24, 2.45) is 0 Å². The lowest BCUT2D eigenvalue weighted by atomic mass is 10.0. The average molecular weight is 845 g/mol. The first-order chi connectivity index (χ1) is 29.3. The first-order valence-electron chi connectivity index (χ1n) is 27.0. The average Bonchev–Trinajstić information content (AvgIpc) is 3.25. The van der Waals surface area contributed by atoms with E-state index < -0.39 is 0 Å². The second kappa shape index (κ2) is 44.2. The SMILES string of the molecule is CCCCCCCCCCCCCCCC(=O)N(C/C=C/CN(C(=O)CCCCCCCCCCCCCCC)C(C)CCCN(CC)CC)C(C)CCCN(CC)CC. The molecule has 2 amide bonds. The number of hydrogen-bond donors (Lipinski definition) is 0. The van der Waals surface area contributed by atoms with Gasteiger partial charge in [0.05, 0.1) is 0 Å². The smallest absolute Gasteiger partial charge is 0.223 e. The normalized spacial score (nSPS) is 12.9. The molecule has 0 aliphatic carbocycles. The molecule has 0 aromatic heterocycles. The summed E-state index contributed by atoms with van der Waals surface area (Å²) in [7, 11) is 0. The fourth-order valence-corrected chi connectivity index (χ4v) is 8.92. The number of carbonyl (C=O) groups is 2. The van der Waals surface area contributed by atoms with Crippen LogP contribution in [0.2, 0.25) is 0 Å². The zero-order chi connectivity index (χ0) is 44.3. The molecular weight excluding hydrogens is 737 g/mol. The van der Waals surface area contributed by atoms with Crippen LogP contribution in [0.3, 0.4) is 0 Å². The van der Waals surface area contributed by atoms with Gasteiger partial charge in [0.15, 0.2) is 0 Å². The number of rotatable bonds is 46. The summed E-state index contributed by atoms with van der Waals surface area (Å²) in [6.45, 7) is 25.8. The maximum atomic E-state index is 13.8. The molecule has 0 heterocycles. The Bertz CT molecular complexity index is 874. The van der Waals surface area contributed by atoms with E-state index in [4.69, 9.17) is 0 Å². The molecule has 0 aromatic carbocycles.